The van der Waals surface area contributed by atoms with Gasteiger partial charge in [0.1, 0.15) is 5.54 Å². The number of benzene rings is 1. The average molecular weight is 354 g/mol. The van der Waals surface area contributed by atoms with E-state index in [1.54, 1.807) is 19.3 Å². The van der Waals surface area contributed by atoms with Crippen LogP contribution in [0.15, 0.2) is 48.8 Å². The Morgan fingerprint density at radius 3 is 2.42 bits per heavy atom. The summed E-state index contributed by atoms with van der Waals surface area (Å²) in [6.45, 7) is 6.75. The summed E-state index contributed by atoms with van der Waals surface area (Å²) in [7, 11) is 0. The van der Waals surface area contributed by atoms with Crippen LogP contribution in [0.2, 0.25) is 0 Å². The second-order valence-electron chi connectivity index (χ2n) is 6.70. The van der Waals surface area contributed by atoms with Gasteiger partial charge in [-0.05, 0) is 18.6 Å². The fourth-order valence-corrected chi connectivity index (χ4v) is 3.05. The molecule has 2 heterocycles. The van der Waals surface area contributed by atoms with E-state index in [4.69, 9.17) is 5.73 Å². The maximum absolute atomic E-state index is 12.5. The Labute approximate surface area is 154 Å². The zero-order valence-electron chi connectivity index (χ0n) is 15.1. The Hall–Kier alpha value is -2.51. The fraction of sp³-hybridized carbons (Fsp3) is 0.421. The van der Waals surface area contributed by atoms with E-state index in [1.165, 1.54) is 0 Å². The largest absolute Gasteiger partial charge is 0.353 e. The van der Waals surface area contributed by atoms with Gasteiger partial charge in [0.15, 0.2) is 0 Å². The summed E-state index contributed by atoms with van der Waals surface area (Å²) in [6.07, 6.45) is 3.53. The first-order valence-electron chi connectivity index (χ1n) is 8.94. The van der Waals surface area contributed by atoms with E-state index < -0.39 is 5.54 Å². The number of hydrogen-bond donors (Lipinski definition) is 2. The number of anilines is 1. The van der Waals surface area contributed by atoms with Gasteiger partial charge < -0.3 is 16.0 Å². The van der Waals surface area contributed by atoms with Crippen molar-refractivity contribution in [2.75, 3.05) is 44.2 Å². The van der Waals surface area contributed by atoms with Gasteiger partial charge in [0, 0.05) is 51.7 Å². The molecule has 0 saturated carbocycles. The average Bonchev–Trinajstić information content (AvgIpc) is 2.70. The van der Waals surface area contributed by atoms with E-state index in [-0.39, 0.29) is 5.91 Å². The van der Waals surface area contributed by atoms with E-state index in [2.05, 4.69) is 25.1 Å². The standard InChI is InChI=1S/C19H26N6O/c1-19(20,16-6-3-2-4-7-16)17(26)21-10-11-24-12-14-25(15-13-24)18-22-8-5-9-23-18/h2-9H,10-15,20H2,1H3,(H,21,26). The van der Waals surface area contributed by atoms with Crippen molar-refractivity contribution in [1.29, 1.82) is 0 Å². The van der Waals surface area contributed by atoms with Gasteiger partial charge in [-0.25, -0.2) is 9.97 Å². The highest BCUT2D eigenvalue weighted by Gasteiger charge is 2.30. The number of amides is 1. The molecule has 1 atom stereocenters. The van der Waals surface area contributed by atoms with Gasteiger partial charge >= 0.3 is 0 Å². The lowest BCUT2D eigenvalue weighted by Gasteiger charge is -2.34. The SMILES string of the molecule is CC(N)(C(=O)NCCN1CCN(c2ncccn2)CC1)c1ccccc1. The Morgan fingerprint density at radius 2 is 1.77 bits per heavy atom. The highest BCUT2D eigenvalue weighted by molar-refractivity contribution is 5.86. The second-order valence-corrected chi connectivity index (χ2v) is 6.70. The smallest absolute Gasteiger partial charge is 0.244 e. The molecule has 1 aliphatic rings. The summed E-state index contributed by atoms with van der Waals surface area (Å²) in [4.78, 5) is 25.6. The fourth-order valence-electron chi connectivity index (χ4n) is 3.05. The topological polar surface area (TPSA) is 87.4 Å². The maximum atomic E-state index is 12.5. The Morgan fingerprint density at radius 1 is 1.12 bits per heavy atom. The number of rotatable bonds is 6. The first-order chi connectivity index (χ1) is 12.6. The number of piperazine rings is 1. The third-order valence-corrected chi connectivity index (χ3v) is 4.77. The first-order valence-corrected chi connectivity index (χ1v) is 8.94. The summed E-state index contributed by atoms with van der Waals surface area (Å²) >= 11 is 0. The molecule has 7 heteroatoms. The summed E-state index contributed by atoms with van der Waals surface area (Å²) < 4.78 is 0. The van der Waals surface area contributed by atoms with Crippen LogP contribution in [-0.4, -0.2) is 60.0 Å². The quantitative estimate of drug-likeness (QED) is 0.789. The minimum Gasteiger partial charge on any atom is -0.353 e. The van der Waals surface area contributed by atoms with Crippen LogP contribution in [0, 0.1) is 0 Å². The maximum Gasteiger partial charge on any atom is 0.244 e. The van der Waals surface area contributed by atoms with Gasteiger partial charge in [0.2, 0.25) is 11.9 Å². The third-order valence-electron chi connectivity index (χ3n) is 4.77. The molecular formula is C19H26N6O. The van der Waals surface area contributed by atoms with Crippen LogP contribution in [0.25, 0.3) is 0 Å². The summed E-state index contributed by atoms with van der Waals surface area (Å²) in [5, 5.41) is 2.97. The molecule has 0 radical (unpaired) electrons. The highest BCUT2D eigenvalue weighted by Crippen LogP contribution is 2.17. The lowest BCUT2D eigenvalue weighted by Crippen LogP contribution is -2.52. The van der Waals surface area contributed by atoms with Crippen molar-refractivity contribution in [2.24, 2.45) is 5.73 Å². The van der Waals surface area contributed by atoms with E-state index in [0.29, 0.717) is 6.54 Å². The monoisotopic (exact) mass is 354 g/mol. The van der Waals surface area contributed by atoms with E-state index in [0.717, 1.165) is 44.2 Å². The molecule has 0 spiro atoms. The minimum absolute atomic E-state index is 0.153. The van der Waals surface area contributed by atoms with Gasteiger partial charge in [-0.15, -0.1) is 0 Å². The number of carbonyl (C=O) groups is 1. The van der Waals surface area contributed by atoms with Crippen molar-refractivity contribution in [2.45, 2.75) is 12.5 Å². The summed E-state index contributed by atoms with van der Waals surface area (Å²) in [5.74, 6) is 0.627. The van der Waals surface area contributed by atoms with Crippen LogP contribution in [0.3, 0.4) is 0 Å². The molecule has 1 amide bonds. The molecule has 2 aromatic rings. The molecule has 1 aliphatic heterocycles. The van der Waals surface area contributed by atoms with Crippen molar-refractivity contribution in [3.63, 3.8) is 0 Å². The van der Waals surface area contributed by atoms with E-state index in [1.807, 2.05) is 36.4 Å². The zero-order valence-corrected chi connectivity index (χ0v) is 15.1. The molecule has 1 aromatic heterocycles. The van der Waals surface area contributed by atoms with E-state index in [9.17, 15) is 4.79 Å². The van der Waals surface area contributed by atoms with Crippen LogP contribution in [0.4, 0.5) is 5.95 Å². The molecule has 3 rings (SSSR count). The predicted octanol–water partition coefficient (Wildman–Crippen LogP) is 0.589. The molecule has 1 fully saturated rings. The Bertz CT molecular complexity index is 698. The second kappa shape index (κ2) is 8.25. The van der Waals surface area contributed by atoms with Gasteiger partial charge in [-0.1, -0.05) is 30.3 Å². The van der Waals surface area contributed by atoms with Crippen LogP contribution >= 0.6 is 0 Å². The lowest BCUT2D eigenvalue weighted by molar-refractivity contribution is -0.126. The number of nitrogens with two attached hydrogens (primary N) is 1. The predicted molar refractivity (Wildman–Crippen MR) is 102 cm³/mol. The van der Waals surface area contributed by atoms with Crippen LogP contribution in [0.5, 0.6) is 0 Å². The van der Waals surface area contributed by atoms with Crippen LogP contribution in [0.1, 0.15) is 12.5 Å². The van der Waals surface area contributed by atoms with Gasteiger partial charge in [-0.2, -0.15) is 0 Å². The number of hydrogen-bond acceptors (Lipinski definition) is 6. The normalized spacial score (nSPS) is 17.5. The van der Waals surface area contributed by atoms with Crippen molar-refractivity contribution < 1.29 is 4.79 Å². The molecule has 26 heavy (non-hydrogen) atoms. The van der Waals surface area contributed by atoms with Gasteiger partial charge in [0.05, 0.1) is 0 Å². The lowest BCUT2D eigenvalue weighted by atomic mass is 9.92. The van der Waals surface area contributed by atoms with Crippen molar-refractivity contribution in [3.8, 4) is 0 Å². The number of nitrogens with zero attached hydrogens (tertiary/aromatic N) is 4. The molecule has 3 N–H and O–H groups in total. The molecule has 138 valence electrons. The molecular weight excluding hydrogens is 328 g/mol. The zero-order chi connectivity index (χ0) is 18.4. The number of nitrogens with one attached hydrogen (secondary N) is 1. The minimum atomic E-state index is -1.02. The summed E-state index contributed by atoms with van der Waals surface area (Å²) in [6, 6.07) is 11.3. The number of carbonyl (C=O) groups excluding carboxylic acids is 1. The molecule has 1 aromatic carbocycles. The van der Waals surface area contributed by atoms with Crippen LogP contribution in [-0.2, 0) is 10.3 Å². The van der Waals surface area contributed by atoms with Crippen LogP contribution < -0.4 is 16.0 Å². The van der Waals surface area contributed by atoms with Crippen molar-refractivity contribution in [1.82, 2.24) is 20.2 Å². The van der Waals surface area contributed by atoms with Gasteiger partial charge in [-0.3, -0.25) is 9.69 Å². The Balaban J connectivity index is 1.42. The summed E-state index contributed by atoms with van der Waals surface area (Å²) in [5.41, 5.74) is 6.03. The van der Waals surface area contributed by atoms with Crippen molar-refractivity contribution >= 4 is 11.9 Å². The molecule has 7 nitrogen and oxygen atoms in total. The molecule has 1 saturated heterocycles. The molecule has 0 bridgehead atoms. The van der Waals surface area contributed by atoms with Gasteiger partial charge in [0.25, 0.3) is 0 Å². The Kier molecular flexibility index (Phi) is 5.80. The van der Waals surface area contributed by atoms with E-state index >= 15 is 0 Å². The highest BCUT2D eigenvalue weighted by atomic mass is 16.2. The third kappa shape index (κ3) is 4.36. The molecule has 1 unspecified atom stereocenters. The first kappa shape index (κ1) is 18.3. The van der Waals surface area contributed by atoms with Crippen molar-refractivity contribution in [3.05, 3.63) is 54.4 Å². The number of aromatic nitrogens is 2. The molecule has 0 aliphatic carbocycles.